The zero-order chi connectivity index (χ0) is 12.1. The van der Waals surface area contributed by atoms with E-state index in [0.29, 0.717) is 16.5 Å². The Balaban J connectivity index is 2.66. The van der Waals surface area contributed by atoms with Gasteiger partial charge in [0.15, 0.2) is 5.78 Å². The van der Waals surface area contributed by atoms with Crippen molar-refractivity contribution in [1.29, 1.82) is 0 Å². The molecule has 16 heavy (non-hydrogen) atoms. The maximum absolute atomic E-state index is 12.9. The molecule has 1 aromatic rings. The number of aliphatic hydroxyl groups is 1. The first-order valence-corrected chi connectivity index (χ1v) is 5.98. The number of carbonyl (C=O) groups is 1. The molecule has 88 valence electrons. The van der Waals surface area contributed by atoms with Crippen LogP contribution in [0.3, 0.4) is 0 Å². The van der Waals surface area contributed by atoms with Gasteiger partial charge in [-0.05, 0) is 40.0 Å². The highest BCUT2D eigenvalue weighted by molar-refractivity contribution is 9.10. The van der Waals surface area contributed by atoms with Crippen LogP contribution in [0.25, 0.3) is 0 Å². The molecule has 0 aliphatic heterocycles. The number of rotatable bonds is 5. The Bertz CT molecular complexity index is 379. The molecule has 4 heteroatoms. The standard InChI is InChI=1S/C12H14BrFO2/c1-2-3-11(15)12(16)7-8-4-5-10(14)9(13)6-8/h4-6,11,15H,2-3,7H2,1H3. The summed E-state index contributed by atoms with van der Waals surface area (Å²) in [6, 6.07) is 4.42. The third-order valence-corrected chi connectivity index (χ3v) is 2.90. The lowest BCUT2D eigenvalue weighted by molar-refractivity contribution is -0.126. The van der Waals surface area contributed by atoms with E-state index in [1.807, 2.05) is 6.92 Å². The van der Waals surface area contributed by atoms with Crippen molar-refractivity contribution in [3.8, 4) is 0 Å². The second-order valence-electron chi connectivity index (χ2n) is 3.70. The van der Waals surface area contributed by atoms with Gasteiger partial charge in [0, 0.05) is 6.42 Å². The Morgan fingerprint density at radius 1 is 1.56 bits per heavy atom. The van der Waals surface area contributed by atoms with Gasteiger partial charge in [-0.3, -0.25) is 4.79 Å². The van der Waals surface area contributed by atoms with E-state index in [1.54, 1.807) is 12.1 Å². The first-order chi connectivity index (χ1) is 7.54. The molecule has 2 nitrogen and oxygen atoms in total. The number of aliphatic hydroxyl groups excluding tert-OH is 1. The molecule has 1 N–H and O–H groups in total. The van der Waals surface area contributed by atoms with Crippen LogP contribution in [0.5, 0.6) is 0 Å². The SMILES string of the molecule is CCCC(O)C(=O)Cc1ccc(F)c(Br)c1. The van der Waals surface area contributed by atoms with Crippen molar-refractivity contribution in [3.63, 3.8) is 0 Å². The molecular weight excluding hydrogens is 275 g/mol. The monoisotopic (exact) mass is 288 g/mol. The summed E-state index contributed by atoms with van der Waals surface area (Å²) in [6.45, 7) is 1.91. The fourth-order valence-electron chi connectivity index (χ4n) is 1.40. The fraction of sp³-hybridized carbons (Fsp3) is 0.417. The molecule has 0 aliphatic rings. The van der Waals surface area contributed by atoms with Crippen LogP contribution in [-0.2, 0) is 11.2 Å². The van der Waals surface area contributed by atoms with Gasteiger partial charge in [-0.25, -0.2) is 4.39 Å². The molecule has 0 saturated heterocycles. The molecule has 0 spiro atoms. The molecule has 0 aliphatic carbocycles. The molecule has 0 aromatic heterocycles. The van der Waals surface area contributed by atoms with Crippen LogP contribution >= 0.6 is 15.9 Å². The summed E-state index contributed by atoms with van der Waals surface area (Å²) >= 11 is 3.05. The molecular formula is C12H14BrFO2. The average molecular weight is 289 g/mol. The molecule has 1 rings (SSSR count). The highest BCUT2D eigenvalue weighted by Gasteiger charge is 2.14. The van der Waals surface area contributed by atoms with Crippen molar-refractivity contribution < 1.29 is 14.3 Å². The van der Waals surface area contributed by atoms with E-state index in [-0.39, 0.29) is 18.0 Å². The number of benzene rings is 1. The third-order valence-electron chi connectivity index (χ3n) is 2.30. The minimum absolute atomic E-state index is 0.139. The van der Waals surface area contributed by atoms with Crippen LogP contribution in [0, 0.1) is 5.82 Å². The predicted molar refractivity (Wildman–Crippen MR) is 63.7 cm³/mol. The summed E-state index contributed by atoms with van der Waals surface area (Å²) in [5, 5.41) is 9.47. The molecule has 0 saturated carbocycles. The zero-order valence-electron chi connectivity index (χ0n) is 9.04. The lowest BCUT2D eigenvalue weighted by Crippen LogP contribution is -2.21. The Hall–Kier alpha value is -0.740. The third kappa shape index (κ3) is 3.68. The van der Waals surface area contributed by atoms with Crippen LogP contribution in [0.1, 0.15) is 25.3 Å². The molecule has 1 atom stereocenters. The van der Waals surface area contributed by atoms with Crippen LogP contribution in [0.2, 0.25) is 0 Å². The minimum Gasteiger partial charge on any atom is -0.385 e. The topological polar surface area (TPSA) is 37.3 Å². The quantitative estimate of drug-likeness (QED) is 0.905. The molecule has 0 heterocycles. The second kappa shape index (κ2) is 6.11. The summed E-state index contributed by atoms with van der Waals surface area (Å²) in [4.78, 5) is 11.5. The van der Waals surface area contributed by atoms with E-state index >= 15 is 0 Å². The van der Waals surface area contributed by atoms with Gasteiger partial charge in [-0.2, -0.15) is 0 Å². The van der Waals surface area contributed by atoms with Gasteiger partial charge >= 0.3 is 0 Å². The van der Waals surface area contributed by atoms with Crippen molar-refractivity contribution in [1.82, 2.24) is 0 Å². The second-order valence-corrected chi connectivity index (χ2v) is 4.55. The van der Waals surface area contributed by atoms with Gasteiger partial charge in [0.05, 0.1) is 4.47 Å². The van der Waals surface area contributed by atoms with Gasteiger partial charge in [0.25, 0.3) is 0 Å². The van der Waals surface area contributed by atoms with Crippen molar-refractivity contribution in [2.45, 2.75) is 32.3 Å². The maximum Gasteiger partial charge on any atom is 0.165 e. The van der Waals surface area contributed by atoms with Gasteiger partial charge < -0.3 is 5.11 Å². The number of hydrogen-bond acceptors (Lipinski definition) is 2. The van der Waals surface area contributed by atoms with E-state index in [2.05, 4.69) is 15.9 Å². The summed E-state index contributed by atoms with van der Waals surface area (Å²) in [6.07, 6.45) is 0.468. The van der Waals surface area contributed by atoms with Crippen LogP contribution in [0.4, 0.5) is 4.39 Å². The Kier molecular flexibility index (Phi) is 5.09. The van der Waals surface area contributed by atoms with Crippen LogP contribution in [-0.4, -0.2) is 17.0 Å². The van der Waals surface area contributed by atoms with E-state index < -0.39 is 6.10 Å². The van der Waals surface area contributed by atoms with E-state index in [0.717, 1.165) is 6.42 Å². The number of carbonyl (C=O) groups excluding carboxylic acids is 1. The minimum atomic E-state index is -0.908. The lowest BCUT2D eigenvalue weighted by atomic mass is 10.0. The normalized spacial score (nSPS) is 12.5. The van der Waals surface area contributed by atoms with Crippen molar-refractivity contribution in [3.05, 3.63) is 34.1 Å². The first-order valence-electron chi connectivity index (χ1n) is 5.19. The molecule has 0 bridgehead atoms. The van der Waals surface area contributed by atoms with Gasteiger partial charge in [-0.1, -0.05) is 19.4 Å². The molecule has 0 radical (unpaired) electrons. The zero-order valence-corrected chi connectivity index (χ0v) is 10.6. The lowest BCUT2D eigenvalue weighted by Gasteiger charge is -2.08. The van der Waals surface area contributed by atoms with Gasteiger partial charge in [-0.15, -0.1) is 0 Å². The number of hydrogen-bond donors (Lipinski definition) is 1. The van der Waals surface area contributed by atoms with E-state index in [1.165, 1.54) is 6.07 Å². The number of ketones is 1. The largest absolute Gasteiger partial charge is 0.385 e. The number of halogens is 2. The van der Waals surface area contributed by atoms with E-state index in [4.69, 9.17) is 0 Å². The van der Waals surface area contributed by atoms with Gasteiger partial charge in [0.2, 0.25) is 0 Å². The Morgan fingerprint density at radius 2 is 2.25 bits per heavy atom. The Morgan fingerprint density at radius 3 is 2.81 bits per heavy atom. The fourth-order valence-corrected chi connectivity index (χ4v) is 1.83. The maximum atomic E-state index is 12.9. The Labute approximate surface area is 103 Å². The van der Waals surface area contributed by atoms with Crippen LogP contribution < -0.4 is 0 Å². The van der Waals surface area contributed by atoms with Crippen molar-refractivity contribution in [2.24, 2.45) is 0 Å². The summed E-state index contributed by atoms with van der Waals surface area (Å²) < 4.78 is 13.3. The predicted octanol–water partition coefficient (Wildman–Crippen LogP) is 2.86. The highest BCUT2D eigenvalue weighted by atomic mass is 79.9. The van der Waals surface area contributed by atoms with Crippen LogP contribution in [0.15, 0.2) is 22.7 Å². The van der Waals surface area contributed by atoms with Gasteiger partial charge in [0.1, 0.15) is 11.9 Å². The smallest absolute Gasteiger partial charge is 0.165 e. The van der Waals surface area contributed by atoms with Crippen molar-refractivity contribution >= 4 is 21.7 Å². The van der Waals surface area contributed by atoms with Crippen molar-refractivity contribution in [2.75, 3.05) is 0 Å². The summed E-state index contributed by atoms with van der Waals surface area (Å²) in [7, 11) is 0. The summed E-state index contributed by atoms with van der Waals surface area (Å²) in [5.41, 5.74) is 0.702. The molecule has 1 unspecified atom stereocenters. The highest BCUT2D eigenvalue weighted by Crippen LogP contribution is 2.17. The molecule has 1 aromatic carbocycles. The van der Waals surface area contributed by atoms with E-state index in [9.17, 15) is 14.3 Å². The average Bonchev–Trinajstić information content (AvgIpc) is 2.24. The molecule has 0 amide bonds. The first kappa shape index (κ1) is 13.3. The summed E-state index contributed by atoms with van der Waals surface area (Å²) in [5.74, 6) is -0.578. The number of Topliss-reactive ketones (excluding diaryl/α,β-unsaturated/α-hetero) is 1. The molecule has 0 fully saturated rings.